The maximum atomic E-state index is 13.5. The third-order valence-electron chi connectivity index (χ3n) is 3.37. The van der Waals surface area contributed by atoms with E-state index in [-0.39, 0.29) is 11.9 Å². The highest BCUT2D eigenvalue weighted by Crippen LogP contribution is 2.24. The number of halogens is 1. The highest BCUT2D eigenvalue weighted by molar-refractivity contribution is 5.54. The van der Waals surface area contributed by atoms with Crippen LogP contribution in [0.15, 0.2) is 18.2 Å². The lowest BCUT2D eigenvalue weighted by Gasteiger charge is -2.31. The molecule has 1 aromatic rings. The van der Waals surface area contributed by atoms with Crippen LogP contribution in [0.2, 0.25) is 0 Å². The van der Waals surface area contributed by atoms with Crippen LogP contribution in [-0.2, 0) is 11.3 Å². The van der Waals surface area contributed by atoms with E-state index in [0.717, 1.165) is 30.8 Å². The largest absolute Gasteiger partial charge is 0.383 e. The maximum absolute atomic E-state index is 13.5. The normalized spacial score (nSPS) is 12.4. The molecule has 0 fully saturated rings. The van der Waals surface area contributed by atoms with Gasteiger partial charge in [-0.15, -0.1) is 0 Å². The third-order valence-corrected chi connectivity index (χ3v) is 3.37. The molecule has 0 aliphatic carbocycles. The van der Waals surface area contributed by atoms with Crippen molar-refractivity contribution in [2.75, 3.05) is 31.7 Å². The molecule has 0 radical (unpaired) electrons. The zero-order chi connectivity index (χ0) is 15.0. The summed E-state index contributed by atoms with van der Waals surface area (Å²) >= 11 is 0. The quantitative estimate of drug-likeness (QED) is 0.704. The van der Waals surface area contributed by atoms with E-state index < -0.39 is 0 Å². The molecule has 1 N–H and O–H groups in total. The van der Waals surface area contributed by atoms with Gasteiger partial charge in [-0.2, -0.15) is 0 Å². The summed E-state index contributed by atoms with van der Waals surface area (Å²) in [6.07, 6.45) is 1.07. The Morgan fingerprint density at radius 3 is 2.70 bits per heavy atom. The number of ether oxygens (including phenoxy) is 1. The van der Waals surface area contributed by atoms with Crippen LogP contribution >= 0.6 is 0 Å². The Morgan fingerprint density at radius 1 is 1.35 bits per heavy atom. The molecule has 1 unspecified atom stereocenters. The number of nitrogens with one attached hydrogen (secondary N) is 1. The molecule has 0 heterocycles. The second-order valence-electron chi connectivity index (χ2n) is 5.04. The van der Waals surface area contributed by atoms with E-state index in [1.807, 2.05) is 6.07 Å². The summed E-state index contributed by atoms with van der Waals surface area (Å²) in [5, 5.41) is 3.34. The van der Waals surface area contributed by atoms with Gasteiger partial charge in [0.25, 0.3) is 0 Å². The molecule has 0 aliphatic heterocycles. The van der Waals surface area contributed by atoms with Crippen molar-refractivity contribution in [3.63, 3.8) is 0 Å². The van der Waals surface area contributed by atoms with Gasteiger partial charge >= 0.3 is 0 Å². The molecular formula is C16H27FN2O. The Labute approximate surface area is 122 Å². The van der Waals surface area contributed by atoms with Crippen LogP contribution in [-0.4, -0.2) is 32.8 Å². The third kappa shape index (κ3) is 4.76. The van der Waals surface area contributed by atoms with E-state index >= 15 is 0 Å². The minimum absolute atomic E-state index is 0.183. The van der Waals surface area contributed by atoms with Crippen molar-refractivity contribution < 1.29 is 9.13 Å². The molecule has 0 spiro atoms. The number of hydrogen-bond acceptors (Lipinski definition) is 3. The highest BCUT2D eigenvalue weighted by Gasteiger charge is 2.16. The van der Waals surface area contributed by atoms with Gasteiger partial charge in [0.05, 0.1) is 6.61 Å². The first-order valence-electron chi connectivity index (χ1n) is 7.38. The minimum Gasteiger partial charge on any atom is -0.383 e. The Kier molecular flexibility index (Phi) is 7.55. The van der Waals surface area contributed by atoms with Gasteiger partial charge in [-0.1, -0.05) is 6.92 Å². The molecule has 0 aliphatic rings. The average molecular weight is 282 g/mol. The first-order chi connectivity index (χ1) is 9.63. The topological polar surface area (TPSA) is 24.5 Å². The number of methoxy groups -OCH3 is 1. The van der Waals surface area contributed by atoms with Crippen LogP contribution in [0.1, 0.15) is 32.8 Å². The number of benzene rings is 1. The van der Waals surface area contributed by atoms with Crippen LogP contribution < -0.4 is 10.2 Å². The molecule has 1 rings (SSSR count). The molecule has 1 aromatic carbocycles. The van der Waals surface area contributed by atoms with E-state index in [9.17, 15) is 4.39 Å². The van der Waals surface area contributed by atoms with Crippen molar-refractivity contribution in [1.29, 1.82) is 0 Å². The number of hydrogen-bond donors (Lipinski definition) is 1. The summed E-state index contributed by atoms with van der Waals surface area (Å²) in [6.45, 7) is 9.52. The standard InChI is InChI=1S/C16H27FN2O/c1-5-9-18-11-14-10-15(17)7-8-16(14)19(6-2)13(3)12-20-4/h7-8,10,13,18H,5-6,9,11-12H2,1-4H3. The van der Waals surface area contributed by atoms with Gasteiger partial charge in [-0.3, -0.25) is 0 Å². The predicted molar refractivity (Wildman–Crippen MR) is 82.8 cm³/mol. The predicted octanol–water partition coefficient (Wildman–Crippen LogP) is 3.19. The van der Waals surface area contributed by atoms with Crippen LogP contribution in [0, 0.1) is 5.82 Å². The monoisotopic (exact) mass is 282 g/mol. The summed E-state index contributed by atoms with van der Waals surface area (Å²) in [7, 11) is 1.71. The minimum atomic E-state index is -0.183. The summed E-state index contributed by atoms with van der Waals surface area (Å²) < 4.78 is 18.7. The van der Waals surface area contributed by atoms with Crippen molar-refractivity contribution in [3.8, 4) is 0 Å². The van der Waals surface area contributed by atoms with Crippen molar-refractivity contribution in [2.24, 2.45) is 0 Å². The van der Waals surface area contributed by atoms with Crippen LogP contribution in [0.4, 0.5) is 10.1 Å². The van der Waals surface area contributed by atoms with Gasteiger partial charge in [0.1, 0.15) is 5.82 Å². The van der Waals surface area contributed by atoms with Gasteiger partial charge in [-0.25, -0.2) is 4.39 Å². The second kappa shape index (κ2) is 8.93. The molecule has 0 amide bonds. The zero-order valence-corrected chi connectivity index (χ0v) is 13.1. The molecule has 3 nitrogen and oxygen atoms in total. The van der Waals surface area contributed by atoms with Crippen LogP contribution in [0.3, 0.4) is 0 Å². The Hall–Kier alpha value is -1.13. The van der Waals surface area contributed by atoms with E-state index in [2.05, 4.69) is 31.0 Å². The smallest absolute Gasteiger partial charge is 0.123 e. The summed E-state index contributed by atoms with van der Waals surface area (Å²) in [4.78, 5) is 2.26. The molecule has 0 saturated carbocycles. The van der Waals surface area contributed by atoms with Crippen molar-refractivity contribution in [1.82, 2.24) is 5.32 Å². The van der Waals surface area contributed by atoms with Gasteiger partial charge in [0.15, 0.2) is 0 Å². The number of nitrogens with zero attached hydrogens (tertiary/aromatic N) is 1. The van der Waals surface area contributed by atoms with Crippen LogP contribution in [0.25, 0.3) is 0 Å². The van der Waals surface area contributed by atoms with Gasteiger partial charge in [0.2, 0.25) is 0 Å². The number of likely N-dealkylation sites (N-methyl/N-ethyl adjacent to an activating group) is 1. The van der Waals surface area contributed by atoms with E-state index in [4.69, 9.17) is 4.74 Å². The molecule has 4 heteroatoms. The zero-order valence-electron chi connectivity index (χ0n) is 13.1. The molecular weight excluding hydrogens is 255 g/mol. The number of rotatable bonds is 9. The summed E-state index contributed by atoms with van der Waals surface area (Å²) in [6, 6.07) is 5.29. The molecule has 20 heavy (non-hydrogen) atoms. The molecule has 0 aromatic heterocycles. The van der Waals surface area contributed by atoms with Crippen LogP contribution in [0.5, 0.6) is 0 Å². The fourth-order valence-corrected chi connectivity index (χ4v) is 2.43. The van der Waals surface area contributed by atoms with Crippen molar-refractivity contribution >= 4 is 5.69 Å². The SMILES string of the molecule is CCCNCc1cc(F)ccc1N(CC)C(C)COC. The first kappa shape index (κ1) is 16.9. The van der Waals surface area contributed by atoms with Crippen molar-refractivity contribution in [3.05, 3.63) is 29.6 Å². The van der Waals surface area contributed by atoms with E-state index in [0.29, 0.717) is 13.2 Å². The molecule has 1 atom stereocenters. The fourth-order valence-electron chi connectivity index (χ4n) is 2.43. The Balaban J connectivity index is 2.94. The lowest BCUT2D eigenvalue weighted by Crippen LogP contribution is -2.37. The number of anilines is 1. The van der Waals surface area contributed by atoms with Gasteiger partial charge in [0, 0.05) is 31.9 Å². The fraction of sp³-hybridized carbons (Fsp3) is 0.625. The van der Waals surface area contributed by atoms with Crippen molar-refractivity contribution in [2.45, 2.75) is 39.8 Å². The maximum Gasteiger partial charge on any atom is 0.123 e. The average Bonchev–Trinajstić information content (AvgIpc) is 2.42. The van der Waals surface area contributed by atoms with Gasteiger partial charge < -0.3 is 15.0 Å². The summed E-state index contributed by atoms with van der Waals surface area (Å²) in [5.41, 5.74) is 2.09. The lowest BCUT2D eigenvalue weighted by molar-refractivity contribution is 0.182. The lowest BCUT2D eigenvalue weighted by atomic mass is 10.1. The molecule has 0 saturated heterocycles. The Bertz CT molecular complexity index is 398. The molecule has 114 valence electrons. The summed E-state index contributed by atoms with van der Waals surface area (Å²) in [5.74, 6) is -0.183. The van der Waals surface area contributed by atoms with E-state index in [1.54, 1.807) is 13.2 Å². The van der Waals surface area contributed by atoms with E-state index in [1.165, 1.54) is 6.07 Å². The first-order valence-corrected chi connectivity index (χ1v) is 7.38. The van der Waals surface area contributed by atoms with Gasteiger partial charge in [-0.05, 0) is 50.6 Å². The second-order valence-corrected chi connectivity index (χ2v) is 5.04. The highest BCUT2D eigenvalue weighted by atomic mass is 19.1. The molecule has 0 bridgehead atoms. The Morgan fingerprint density at radius 2 is 2.10 bits per heavy atom.